The fraction of sp³-hybridized carbons (Fsp3) is 0.200. The van der Waals surface area contributed by atoms with Crippen molar-refractivity contribution in [3.63, 3.8) is 0 Å². The summed E-state index contributed by atoms with van der Waals surface area (Å²) >= 11 is 5.79. The Labute approximate surface area is 134 Å². The Kier molecular flexibility index (Phi) is 5.15. The van der Waals surface area contributed by atoms with Crippen LogP contribution in [-0.2, 0) is 15.8 Å². The van der Waals surface area contributed by atoms with E-state index in [0.717, 1.165) is 0 Å². The average Bonchev–Trinajstić information content (AvgIpc) is 2.49. The third-order valence-electron chi connectivity index (χ3n) is 2.94. The second-order valence-corrected chi connectivity index (χ2v) is 6.71. The molecule has 0 aliphatic heterocycles. The van der Waals surface area contributed by atoms with Gasteiger partial charge in [0.05, 0.1) is 25.7 Å². The molecule has 0 aromatic heterocycles. The molecular formula is C15H16ClNO4S. The molecule has 2 aromatic rings. The first-order valence-electron chi connectivity index (χ1n) is 6.40. The molecule has 0 saturated heterocycles. The van der Waals surface area contributed by atoms with Crippen LogP contribution in [0.4, 0.5) is 5.69 Å². The lowest BCUT2D eigenvalue weighted by molar-refractivity contribution is 0.395. The normalized spacial score (nSPS) is 11.0. The average molecular weight is 342 g/mol. The van der Waals surface area contributed by atoms with Gasteiger partial charge in [-0.05, 0) is 29.8 Å². The summed E-state index contributed by atoms with van der Waals surface area (Å²) in [4.78, 5) is 0. The van der Waals surface area contributed by atoms with Gasteiger partial charge in [-0.15, -0.1) is 0 Å². The SMILES string of the molecule is COc1ccc(NS(=O)(=O)Cc2ccc(Cl)cc2)c(OC)c1. The largest absolute Gasteiger partial charge is 0.497 e. The Morgan fingerprint density at radius 2 is 1.73 bits per heavy atom. The van der Waals surface area contributed by atoms with E-state index in [4.69, 9.17) is 21.1 Å². The Balaban J connectivity index is 2.19. The number of methoxy groups -OCH3 is 2. The van der Waals surface area contributed by atoms with Gasteiger partial charge >= 0.3 is 0 Å². The van der Waals surface area contributed by atoms with Crippen LogP contribution in [0.2, 0.25) is 5.02 Å². The number of rotatable bonds is 6. The molecule has 0 heterocycles. The molecule has 1 N–H and O–H groups in total. The van der Waals surface area contributed by atoms with Crippen molar-refractivity contribution >= 4 is 27.3 Å². The van der Waals surface area contributed by atoms with Gasteiger partial charge in [0.1, 0.15) is 11.5 Å². The molecule has 0 radical (unpaired) electrons. The highest BCUT2D eigenvalue weighted by Gasteiger charge is 2.15. The van der Waals surface area contributed by atoms with Crippen molar-refractivity contribution in [1.29, 1.82) is 0 Å². The minimum atomic E-state index is -3.57. The van der Waals surface area contributed by atoms with Crippen molar-refractivity contribution in [2.24, 2.45) is 0 Å². The zero-order chi connectivity index (χ0) is 16.2. The van der Waals surface area contributed by atoms with Crippen LogP contribution < -0.4 is 14.2 Å². The highest BCUT2D eigenvalue weighted by molar-refractivity contribution is 7.91. The number of benzene rings is 2. The maximum atomic E-state index is 12.2. The monoisotopic (exact) mass is 341 g/mol. The molecular weight excluding hydrogens is 326 g/mol. The number of halogens is 1. The number of anilines is 1. The van der Waals surface area contributed by atoms with E-state index in [9.17, 15) is 8.42 Å². The van der Waals surface area contributed by atoms with Crippen LogP contribution in [0.15, 0.2) is 42.5 Å². The number of sulfonamides is 1. The fourth-order valence-electron chi connectivity index (χ4n) is 1.89. The first-order chi connectivity index (χ1) is 10.4. The van der Waals surface area contributed by atoms with Gasteiger partial charge in [0, 0.05) is 11.1 Å². The van der Waals surface area contributed by atoms with E-state index in [1.54, 1.807) is 42.5 Å². The van der Waals surface area contributed by atoms with E-state index >= 15 is 0 Å². The molecule has 7 heteroatoms. The van der Waals surface area contributed by atoms with Crippen molar-refractivity contribution in [3.8, 4) is 11.5 Å². The Hall–Kier alpha value is -1.92. The molecule has 2 aromatic carbocycles. The lowest BCUT2D eigenvalue weighted by Crippen LogP contribution is -2.15. The van der Waals surface area contributed by atoms with E-state index in [1.807, 2.05) is 0 Å². The van der Waals surface area contributed by atoms with Gasteiger partial charge in [0.15, 0.2) is 0 Å². The van der Waals surface area contributed by atoms with Crippen molar-refractivity contribution < 1.29 is 17.9 Å². The van der Waals surface area contributed by atoms with Crippen LogP contribution in [0.5, 0.6) is 11.5 Å². The predicted octanol–water partition coefficient (Wildman–Crippen LogP) is 3.30. The standard InChI is InChI=1S/C15H16ClNO4S/c1-20-13-7-8-14(15(9-13)21-2)17-22(18,19)10-11-3-5-12(16)6-4-11/h3-9,17H,10H2,1-2H3. The van der Waals surface area contributed by atoms with Crippen LogP contribution in [0.25, 0.3) is 0 Å². The summed E-state index contributed by atoms with van der Waals surface area (Å²) < 4.78 is 37.3. The Morgan fingerprint density at radius 1 is 1.05 bits per heavy atom. The third-order valence-corrected chi connectivity index (χ3v) is 4.44. The van der Waals surface area contributed by atoms with E-state index in [2.05, 4.69) is 4.72 Å². The molecule has 0 aliphatic carbocycles. The van der Waals surface area contributed by atoms with Crippen molar-refractivity contribution in [2.45, 2.75) is 5.75 Å². The maximum Gasteiger partial charge on any atom is 0.237 e. The smallest absolute Gasteiger partial charge is 0.237 e. The number of ether oxygens (including phenoxy) is 2. The quantitative estimate of drug-likeness (QED) is 0.875. The highest BCUT2D eigenvalue weighted by Crippen LogP contribution is 2.30. The Bertz CT molecular complexity index is 745. The molecule has 2 rings (SSSR count). The molecule has 0 fully saturated rings. The molecule has 0 spiro atoms. The van der Waals surface area contributed by atoms with E-state index < -0.39 is 10.0 Å². The topological polar surface area (TPSA) is 64.6 Å². The van der Waals surface area contributed by atoms with Gasteiger partial charge in [-0.2, -0.15) is 0 Å². The summed E-state index contributed by atoms with van der Waals surface area (Å²) in [6, 6.07) is 11.5. The first kappa shape index (κ1) is 16.5. The second kappa shape index (κ2) is 6.89. The lowest BCUT2D eigenvalue weighted by atomic mass is 10.2. The van der Waals surface area contributed by atoms with E-state index in [1.165, 1.54) is 14.2 Å². The van der Waals surface area contributed by atoms with Crippen molar-refractivity contribution in [1.82, 2.24) is 0 Å². The molecule has 0 saturated carbocycles. The molecule has 5 nitrogen and oxygen atoms in total. The third kappa shape index (κ3) is 4.29. The van der Waals surface area contributed by atoms with Gasteiger partial charge in [-0.3, -0.25) is 4.72 Å². The summed E-state index contributed by atoms with van der Waals surface area (Å²) in [5, 5.41) is 0.561. The summed E-state index contributed by atoms with van der Waals surface area (Å²) in [5.41, 5.74) is 1.00. The number of hydrogen-bond acceptors (Lipinski definition) is 4. The van der Waals surface area contributed by atoms with E-state index in [0.29, 0.717) is 27.8 Å². The van der Waals surface area contributed by atoms with Crippen LogP contribution in [-0.4, -0.2) is 22.6 Å². The molecule has 0 unspecified atom stereocenters. The van der Waals surface area contributed by atoms with Crippen molar-refractivity contribution in [3.05, 3.63) is 53.1 Å². The van der Waals surface area contributed by atoms with Crippen LogP contribution in [0.1, 0.15) is 5.56 Å². The molecule has 118 valence electrons. The van der Waals surface area contributed by atoms with Crippen LogP contribution in [0, 0.1) is 0 Å². The summed E-state index contributed by atoms with van der Waals surface area (Å²) in [7, 11) is -0.576. The zero-order valence-electron chi connectivity index (χ0n) is 12.2. The summed E-state index contributed by atoms with van der Waals surface area (Å²) in [5.74, 6) is 0.816. The maximum absolute atomic E-state index is 12.2. The van der Waals surface area contributed by atoms with Gasteiger partial charge in [0.25, 0.3) is 0 Å². The van der Waals surface area contributed by atoms with Crippen LogP contribution >= 0.6 is 11.6 Å². The molecule has 0 bridgehead atoms. The summed E-state index contributed by atoms with van der Waals surface area (Å²) in [6.45, 7) is 0. The van der Waals surface area contributed by atoms with Gasteiger partial charge in [0.2, 0.25) is 10.0 Å². The van der Waals surface area contributed by atoms with E-state index in [-0.39, 0.29) is 5.75 Å². The molecule has 0 amide bonds. The molecule has 0 atom stereocenters. The lowest BCUT2D eigenvalue weighted by Gasteiger charge is -2.13. The fourth-order valence-corrected chi connectivity index (χ4v) is 3.22. The first-order valence-corrected chi connectivity index (χ1v) is 8.43. The summed E-state index contributed by atoms with van der Waals surface area (Å²) in [6.07, 6.45) is 0. The van der Waals surface area contributed by atoms with Gasteiger partial charge < -0.3 is 9.47 Å². The van der Waals surface area contributed by atoms with Gasteiger partial charge in [-0.1, -0.05) is 23.7 Å². The minimum absolute atomic E-state index is 0.153. The minimum Gasteiger partial charge on any atom is -0.497 e. The Morgan fingerprint density at radius 3 is 2.32 bits per heavy atom. The zero-order valence-corrected chi connectivity index (χ0v) is 13.7. The molecule has 0 aliphatic rings. The predicted molar refractivity (Wildman–Crippen MR) is 87.2 cm³/mol. The van der Waals surface area contributed by atoms with Crippen LogP contribution in [0.3, 0.4) is 0 Å². The number of nitrogens with one attached hydrogen (secondary N) is 1. The van der Waals surface area contributed by atoms with Crippen molar-refractivity contribution in [2.75, 3.05) is 18.9 Å². The second-order valence-electron chi connectivity index (χ2n) is 4.55. The molecule has 22 heavy (non-hydrogen) atoms. The number of hydrogen-bond donors (Lipinski definition) is 1. The van der Waals surface area contributed by atoms with Gasteiger partial charge in [-0.25, -0.2) is 8.42 Å². The highest BCUT2D eigenvalue weighted by atomic mass is 35.5.